The summed E-state index contributed by atoms with van der Waals surface area (Å²) in [6.45, 7) is 7.22. The van der Waals surface area contributed by atoms with E-state index in [0.29, 0.717) is 12.0 Å². The highest BCUT2D eigenvalue weighted by atomic mass is 16.1. The maximum absolute atomic E-state index is 11.7. The normalized spacial score (nSPS) is 25.9. The Balaban J connectivity index is 2.38. The van der Waals surface area contributed by atoms with Gasteiger partial charge in [-0.1, -0.05) is 26.7 Å². The van der Waals surface area contributed by atoms with Crippen molar-refractivity contribution in [1.29, 1.82) is 0 Å². The fourth-order valence-electron chi connectivity index (χ4n) is 2.50. The Bertz CT molecular complexity index is 274. The van der Waals surface area contributed by atoms with E-state index >= 15 is 0 Å². The number of nitrogens with one attached hydrogen (secondary N) is 1. The molecule has 1 fully saturated rings. The van der Waals surface area contributed by atoms with Crippen LogP contribution in [-0.2, 0) is 4.79 Å². The number of hydrogen-bond donors (Lipinski definition) is 1. The molecule has 1 aliphatic rings. The number of carbonyl (C=O) groups excluding carboxylic acids is 1. The molecule has 0 spiro atoms. The Morgan fingerprint density at radius 1 is 1.31 bits per heavy atom. The zero-order chi connectivity index (χ0) is 12.2. The number of amides is 1. The van der Waals surface area contributed by atoms with Crippen LogP contribution in [0.1, 0.15) is 46.5 Å². The third-order valence-electron chi connectivity index (χ3n) is 3.69. The quantitative estimate of drug-likeness (QED) is 0.713. The van der Waals surface area contributed by atoms with Gasteiger partial charge in [-0.05, 0) is 37.0 Å². The molecule has 0 unspecified atom stereocenters. The van der Waals surface area contributed by atoms with Gasteiger partial charge in [-0.15, -0.1) is 6.42 Å². The first-order valence-corrected chi connectivity index (χ1v) is 6.16. The molecule has 0 radical (unpaired) electrons. The number of hydrogen-bond acceptors (Lipinski definition) is 1. The van der Waals surface area contributed by atoms with Crippen molar-refractivity contribution in [3.8, 4) is 12.3 Å². The van der Waals surface area contributed by atoms with Crippen LogP contribution in [0.2, 0.25) is 0 Å². The molecular formula is C14H23NO. The van der Waals surface area contributed by atoms with Gasteiger partial charge in [0.15, 0.2) is 0 Å². The van der Waals surface area contributed by atoms with E-state index in [4.69, 9.17) is 6.42 Å². The summed E-state index contributed by atoms with van der Waals surface area (Å²) in [4.78, 5) is 11.7. The van der Waals surface area contributed by atoms with Crippen LogP contribution in [0.3, 0.4) is 0 Å². The second-order valence-corrected chi connectivity index (χ2v) is 5.84. The van der Waals surface area contributed by atoms with Crippen LogP contribution in [0, 0.1) is 29.6 Å². The monoisotopic (exact) mass is 221 g/mol. The lowest BCUT2D eigenvalue weighted by Gasteiger charge is -2.36. The molecule has 2 heteroatoms. The van der Waals surface area contributed by atoms with E-state index in [9.17, 15) is 4.79 Å². The Kier molecular flexibility index (Phi) is 4.41. The first kappa shape index (κ1) is 13.1. The van der Waals surface area contributed by atoms with Crippen LogP contribution in [0.15, 0.2) is 0 Å². The molecule has 1 amide bonds. The van der Waals surface area contributed by atoms with Crippen LogP contribution in [0.4, 0.5) is 0 Å². The van der Waals surface area contributed by atoms with Gasteiger partial charge in [0.25, 0.3) is 0 Å². The zero-order valence-corrected chi connectivity index (χ0v) is 10.7. The van der Waals surface area contributed by atoms with E-state index in [-0.39, 0.29) is 11.8 Å². The predicted octanol–water partition coefficient (Wildman–Crippen LogP) is 2.59. The number of carbonyl (C=O) groups is 1. The molecule has 0 aromatic carbocycles. The van der Waals surface area contributed by atoms with Gasteiger partial charge >= 0.3 is 0 Å². The predicted molar refractivity (Wildman–Crippen MR) is 66.7 cm³/mol. The van der Waals surface area contributed by atoms with Crippen molar-refractivity contribution < 1.29 is 4.79 Å². The van der Waals surface area contributed by atoms with E-state index in [1.807, 2.05) is 0 Å². The lowest BCUT2D eigenvalue weighted by atomic mass is 9.70. The van der Waals surface area contributed by atoms with Crippen LogP contribution in [0.5, 0.6) is 0 Å². The van der Waals surface area contributed by atoms with Crippen LogP contribution < -0.4 is 5.32 Å². The van der Waals surface area contributed by atoms with Crippen molar-refractivity contribution in [2.24, 2.45) is 17.3 Å². The molecule has 1 saturated carbocycles. The van der Waals surface area contributed by atoms with E-state index in [1.165, 1.54) is 0 Å². The molecule has 1 aliphatic carbocycles. The summed E-state index contributed by atoms with van der Waals surface area (Å²) < 4.78 is 0. The van der Waals surface area contributed by atoms with Crippen LogP contribution >= 0.6 is 0 Å². The Morgan fingerprint density at radius 2 is 1.88 bits per heavy atom. The summed E-state index contributed by atoms with van der Waals surface area (Å²) in [6.07, 6.45) is 9.47. The lowest BCUT2D eigenvalue weighted by molar-refractivity contribution is -0.126. The van der Waals surface area contributed by atoms with Crippen molar-refractivity contribution in [3.05, 3.63) is 0 Å². The standard InChI is InChI=1S/C14H23NO/c1-5-10-15-13(16)11-6-8-12(9-7-11)14(2,3)4/h1,11-12H,6-10H2,2-4H3,(H,15,16). The fraction of sp³-hybridized carbons (Fsp3) is 0.786. The van der Waals surface area contributed by atoms with Crippen molar-refractivity contribution in [3.63, 3.8) is 0 Å². The van der Waals surface area contributed by atoms with E-state index in [1.54, 1.807) is 0 Å². The van der Waals surface area contributed by atoms with Gasteiger partial charge in [-0.2, -0.15) is 0 Å². The van der Waals surface area contributed by atoms with Crippen LogP contribution in [-0.4, -0.2) is 12.5 Å². The molecule has 0 bridgehead atoms. The molecule has 0 aliphatic heterocycles. The zero-order valence-electron chi connectivity index (χ0n) is 10.7. The first-order valence-electron chi connectivity index (χ1n) is 6.16. The third-order valence-corrected chi connectivity index (χ3v) is 3.69. The maximum atomic E-state index is 11.7. The second kappa shape index (κ2) is 5.39. The van der Waals surface area contributed by atoms with Crippen molar-refractivity contribution >= 4 is 5.91 Å². The summed E-state index contributed by atoms with van der Waals surface area (Å²) in [6, 6.07) is 0. The minimum Gasteiger partial charge on any atom is -0.345 e. The summed E-state index contributed by atoms with van der Waals surface area (Å²) in [7, 11) is 0. The van der Waals surface area contributed by atoms with Gasteiger partial charge in [0.1, 0.15) is 0 Å². The molecule has 0 aromatic rings. The fourth-order valence-corrected chi connectivity index (χ4v) is 2.50. The molecule has 1 N–H and O–H groups in total. The second-order valence-electron chi connectivity index (χ2n) is 5.84. The molecule has 1 rings (SSSR count). The van der Waals surface area contributed by atoms with Gasteiger partial charge in [-0.25, -0.2) is 0 Å². The smallest absolute Gasteiger partial charge is 0.223 e. The van der Waals surface area contributed by atoms with Crippen molar-refractivity contribution in [2.45, 2.75) is 46.5 Å². The SMILES string of the molecule is C#CCNC(=O)C1CCC(C(C)(C)C)CC1. The summed E-state index contributed by atoms with van der Waals surface area (Å²) in [5.41, 5.74) is 0.375. The minimum absolute atomic E-state index is 0.144. The summed E-state index contributed by atoms with van der Waals surface area (Å²) >= 11 is 0. The Labute approximate surface area is 99.2 Å². The molecule has 0 saturated heterocycles. The first-order chi connectivity index (χ1) is 7.45. The number of terminal acetylenes is 1. The lowest BCUT2D eigenvalue weighted by Crippen LogP contribution is -2.35. The highest BCUT2D eigenvalue weighted by molar-refractivity contribution is 5.78. The van der Waals surface area contributed by atoms with Gasteiger partial charge in [0.2, 0.25) is 5.91 Å². The van der Waals surface area contributed by atoms with Gasteiger partial charge < -0.3 is 5.32 Å². The topological polar surface area (TPSA) is 29.1 Å². The molecule has 0 aromatic heterocycles. The average Bonchev–Trinajstić information content (AvgIpc) is 2.25. The summed E-state index contributed by atoms with van der Waals surface area (Å²) in [5.74, 6) is 3.52. The highest BCUT2D eigenvalue weighted by Gasteiger charge is 2.31. The molecular weight excluding hydrogens is 198 g/mol. The summed E-state index contributed by atoms with van der Waals surface area (Å²) in [5, 5.41) is 2.78. The van der Waals surface area contributed by atoms with Crippen LogP contribution in [0.25, 0.3) is 0 Å². The largest absolute Gasteiger partial charge is 0.345 e. The van der Waals surface area contributed by atoms with E-state index < -0.39 is 0 Å². The molecule has 16 heavy (non-hydrogen) atoms. The Morgan fingerprint density at radius 3 is 2.31 bits per heavy atom. The molecule has 0 atom stereocenters. The molecule has 2 nitrogen and oxygen atoms in total. The Hall–Kier alpha value is -0.970. The maximum Gasteiger partial charge on any atom is 0.223 e. The van der Waals surface area contributed by atoms with Gasteiger partial charge in [-0.3, -0.25) is 4.79 Å². The highest BCUT2D eigenvalue weighted by Crippen LogP contribution is 2.39. The number of rotatable bonds is 2. The minimum atomic E-state index is 0.144. The van der Waals surface area contributed by atoms with Gasteiger partial charge in [0.05, 0.1) is 6.54 Å². The van der Waals surface area contributed by atoms with Crippen molar-refractivity contribution in [1.82, 2.24) is 5.32 Å². The average molecular weight is 221 g/mol. The van der Waals surface area contributed by atoms with Gasteiger partial charge in [0, 0.05) is 5.92 Å². The molecule has 0 heterocycles. The van der Waals surface area contributed by atoms with Crippen molar-refractivity contribution in [2.75, 3.05) is 6.54 Å². The van der Waals surface area contributed by atoms with E-state index in [0.717, 1.165) is 31.6 Å². The van der Waals surface area contributed by atoms with E-state index in [2.05, 4.69) is 32.0 Å². The third kappa shape index (κ3) is 3.56. The molecule has 90 valence electrons.